The summed E-state index contributed by atoms with van der Waals surface area (Å²) < 4.78 is 1.74. The molecule has 1 aromatic rings. The highest BCUT2D eigenvalue weighted by molar-refractivity contribution is 5.94. The second-order valence-corrected chi connectivity index (χ2v) is 3.32. The molecule has 1 unspecified atom stereocenters. The summed E-state index contributed by atoms with van der Waals surface area (Å²) >= 11 is 0. The molecule has 0 radical (unpaired) electrons. The van der Waals surface area contributed by atoms with Gasteiger partial charge in [-0.1, -0.05) is 0 Å². The highest BCUT2D eigenvalue weighted by Crippen LogP contribution is 2.05. The maximum atomic E-state index is 11.1. The molecule has 4 N–H and O–H groups in total. The molecule has 0 spiro atoms. The minimum atomic E-state index is -0.863. The van der Waals surface area contributed by atoms with Crippen molar-refractivity contribution in [2.24, 2.45) is 12.8 Å². The minimum Gasteiger partial charge on any atom is -0.351 e. The van der Waals surface area contributed by atoms with Gasteiger partial charge in [0.1, 0.15) is 12.2 Å². The normalized spacial score (nSPS) is 12.1. The largest absolute Gasteiger partial charge is 0.351 e. The molecule has 0 bridgehead atoms. The number of imide groups is 1. The fourth-order valence-electron chi connectivity index (χ4n) is 1.20. The van der Waals surface area contributed by atoms with Crippen LogP contribution < -0.4 is 16.4 Å². The first kappa shape index (κ1) is 12.1. The van der Waals surface area contributed by atoms with E-state index in [4.69, 9.17) is 5.73 Å². The van der Waals surface area contributed by atoms with Crippen LogP contribution in [0.4, 0.5) is 4.79 Å². The standard InChI is InChI=1S/C8H14N6O2/c1-5(7-13-11-4-14(7)2)10-3-6(15)12-8(9)16/h4-5,10H,3H2,1-2H3,(H3,9,12,15,16). The zero-order valence-electron chi connectivity index (χ0n) is 9.10. The maximum absolute atomic E-state index is 11.1. The van der Waals surface area contributed by atoms with Gasteiger partial charge in [0.05, 0.1) is 12.6 Å². The molecule has 0 aliphatic heterocycles. The predicted octanol–water partition coefficient (Wildman–Crippen LogP) is -1.34. The van der Waals surface area contributed by atoms with Gasteiger partial charge in [-0.3, -0.25) is 15.4 Å². The molecule has 0 saturated heterocycles. The third kappa shape index (κ3) is 3.31. The van der Waals surface area contributed by atoms with Crippen LogP contribution in [0.3, 0.4) is 0 Å². The molecule has 1 heterocycles. The summed E-state index contributed by atoms with van der Waals surface area (Å²) in [4.78, 5) is 21.5. The van der Waals surface area contributed by atoms with Crippen molar-refractivity contribution in [3.63, 3.8) is 0 Å². The van der Waals surface area contributed by atoms with Gasteiger partial charge >= 0.3 is 6.03 Å². The smallest absolute Gasteiger partial charge is 0.318 e. The van der Waals surface area contributed by atoms with E-state index >= 15 is 0 Å². The van der Waals surface area contributed by atoms with Crippen molar-refractivity contribution in [2.45, 2.75) is 13.0 Å². The Morgan fingerprint density at radius 1 is 1.62 bits per heavy atom. The third-order valence-corrected chi connectivity index (χ3v) is 1.97. The Morgan fingerprint density at radius 3 is 2.81 bits per heavy atom. The lowest BCUT2D eigenvalue weighted by atomic mass is 10.3. The lowest BCUT2D eigenvalue weighted by Gasteiger charge is -2.11. The van der Waals surface area contributed by atoms with E-state index in [2.05, 4.69) is 15.5 Å². The van der Waals surface area contributed by atoms with Crippen LogP contribution in [0.25, 0.3) is 0 Å². The molecule has 3 amide bonds. The number of nitrogens with one attached hydrogen (secondary N) is 2. The molecule has 1 aromatic heterocycles. The lowest BCUT2D eigenvalue weighted by Crippen LogP contribution is -2.41. The quantitative estimate of drug-likeness (QED) is 0.587. The van der Waals surface area contributed by atoms with E-state index < -0.39 is 11.9 Å². The number of nitrogens with zero attached hydrogens (tertiary/aromatic N) is 3. The summed E-state index contributed by atoms with van der Waals surface area (Å²) in [5, 5.41) is 12.4. The molecule has 8 heteroatoms. The van der Waals surface area contributed by atoms with E-state index in [0.717, 1.165) is 0 Å². The zero-order valence-corrected chi connectivity index (χ0v) is 9.10. The van der Waals surface area contributed by atoms with Gasteiger partial charge in [0, 0.05) is 7.05 Å². The Labute approximate surface area is 92.2 Å². The SMILES string of the molecule is CC(NCC(=O)NC(N)=O)c1nncn1C. The molecule has 0 saturated carbocycles. The Hall–Kier alpha value is -1.96. The van der Waals surface area contributed by atoms with E-state index in [0.29, 0.717) is 5.82 Å². The van der Waals surface area contributed by atoms with Crippen LogP contribution in [-0.4, -0.2) is 33.2 Å². The van der Waals surface area contributed by atoms with Crippen molar-refractivity contribution in [1.82, 2.24) is 25.4 Å². The van der Waals surface area contributed by atoms with Crippen LogP contribution in [0.15, 0.2) is 6.33 Å². The van der Waals surface area contributed by atoms with Crippen LogP contribution in [0.1, 0.15) is 18.8 Å². The van der Waals surface area contributed by atoms with E-state index in [-0.39, 0.29) is 12.6 Å². The first-order valence-corrected chi connectivity index (χ1v) is 4.67. The highest BCUT2D eigenvalue weighted by Gasteiger charge is 2.12. The van der Waals surface area contributed by atoms with Crippen LogP contribution in [0, 0.1) is 0 Å². The van der Waals surface area contributed by atoms with E-state index in [1.54, 1.807) is 17.9 Å². The van der Waals surface area contributed by atoms with Crippen LogP contribution >= 0.6 is 0 Å². The van der Waals surface area contributed by atoms with Gasteiger partial charge in [-0.2, -0.15) is 0 Å². The molecule has 0 aromatic carbocycles. The summed E-state index contributed by atoms with van der Waals surface area (Å²) in [6.07, 6.45) is 1.57. The number of carbonyl (C=O) groups excluding carboxylic acids is 2. The summed E-state index contributed by atoms with van der Waals surface area (Å²) in [7, 11) is 1.80. The number of primary amides is 1. The van der Waals surface area contributed by atoms with Crippen molar-refractivity contribution in [3.05, 3.63) is 12.2 Å². The minimum absolute atomic E-state index is 0.0169. The zero-order chi connectivity index (χ0) is 12.1. The fourth-order valence-corrected chi connectivity index (χ4v) is 1.20. The average Bonchev–Trinajstić information content (AvgIpc) is 2.60. The van der Waals surface area contributed by atoms with Gasteiger partial charge in [-0.05, 0) is 6.92 Å². The van der Waals surface area contributed by atoms with Gasteiger partial charge < -0.3 is 10.3 Å². The van der Waals surface area contributed by atoms with E-state index in [1.165, 1.54) is 0 Å². The molecule has 1 atom stereocenters. The van der Waals surface area contributed by atoms with Crippen molar-refractivity contribution >= 4 is 11.9 Å². The Morgan fingerprint density at radius 2 is 2.31 bits per heavy atom. The second-order valence-electron chi connectivity index (χ2n) is 3.32. The van der Waals surface area contributed by atoms with Crippen molar-refractivity contribution < 1.29 is 9.59 Å². The number of aromatic nitrogens is 3. The first-order chi connectivity index (χ1) is 7.50. The molecule has 0 aliphatic rings. The summed E-state index contributed by atoms with van der Waals surface area (Å²) in [5.74, 6) is 0.216. The van der Waals surface area contributed by atoms with Gasteiger partial charge in [-0.25, -0.2) is 4.79 Å². The fraction of sp³-hybridized carbons (Fsp3) is 0.500. The van der Waals surface area contributed by atoms with Crippen molar-refractivity contribution in [3.8, 4) is 0 Å². The van der Waals surface area contributed by atoms with Crippen LogP contribution in [0.5, 0.6) is 0 Å². The van der Waals surface area contributed by atoms with Gasteiger partial charge in [0.2, 0.25) is 5.91 Å². The molecule has 1 rings (SSSR count). The monoisotopic (exact) mass is 226 g/mol. The molecule has 0 aliphatic carbocycles. The molecular weight excluding hydrogens is 212 g/mol. The second kappa shape index (κ2) is 5.21. The molecular formula is C8H14N6O2. The summed E-state index contributed by atoms with van der Waals surface area (Å²) in [6, 6.07) is -1.01. The number of rotatable bonds is 4. The number of urea groups is 1. The van der Waals surface area contributed by atoms with E-state index in [9.17, 15) is 9.59 Å². The van der Waals surface area contributed by atoms with Gasteiger partial charge in [0.15, 0.2) is 0 Å². The topological polar surface area (TPSA) is 115 Å². The summed E-state index contributed by atoms with van der Waals surface area (Å²) in [5.41, 5.74) is 4.79. The van der Waals surface area contributed by atoms with E-state index in [1.807, 2.05) is 12.2 Å². The number of hydrogen-bond donors (Lipinski definition) is 3. The molecule has 0 fully saturated rings. The lowest BCUT2D eigenvalue weighted by molar-refractivity contribution is -0.119. The van der Waals surface area contributed by atoms with Crippen LogP contribution in [-0.2, 0) is 11.8 Å². The van der Waals surface area contributed by atoms with Gasteiger partial charge in [0.25, 0.3) is 0 Å². The summed E-state index contributed by atoms with van der Waals surface area (Å²) in [6.45, 7) is 1.82. The Balaban J connectivity index is 2.41. The van der Waals surface area contributed by atoms with Crippen LogP contribution in [0.2, 0.25) is 0 Å². The number of aryl methyl sites for hydroxylation is 1. The molecule has 16 heavy (non-hydrogen) atoms. The van der Waals surface area contributed by atoms with Crippen molar-refractivity contribution in [1.29, 1.82) is 0 Å². The predicted molar refractivity (Wildman–Crippen MR) is 55.1 cm³/mol. The number of nitrogens with two attached hydrogens (primary N) is 1. The first-order valence-electron chi connectivity index (χ1n) is 4.67. The third-order valence-electron chi connectivity index (χ3n) is 1.97. The molecule has 8 nitrogen and oxygen atoms in total. The Kier molecular flexibility index (Phi) is 3.95. The average molecular weight is 226 g/mol. The highest BCUT2D eigenvalue weighted by atomic mass is 16.2. The number of hydrogen-bond acceptors (Lipinski definition) is 5. The van der Waals surface area contributed by atoms with Crippen molar-refractivity contribution in [2.75, 3.05) is 6.54 Å². The Bertz CT molecular complexity index is 388. The number of carbonyl (C=O) groups is 2. The number of amides is 3. The maximum Gasteiger partial charge on any atom is 0.318 e. The van der Waals surface area contributed by atoms with Gasteiger partial charge in [-0.15, -0.1) is 10.2 Å². The molecule has 88 valence electrons.